The first-order valence-corrected chi connectivity index (χ1v) is 7.05. The number of anilines is 2. The minimum atomic E-state index is 0.649. The lowest BCUT2D eigenvalue weighted by Crippen LogP contribution is -2.28. The van der Waals surface area contributed by atoms with Crippen molar-refractivity contribution in [1.29, 1.82) is 0 Å². The highest BCUT2D eigenvalue weighted by atomic mass is 15.4. The first-order valence-electron chi connectivity index (χ1n) is 7.05. The third-order valence-electron chi connectivity index (χ3n) is 3.76. The maximum absolute atomic E-state index is 4.41. The molecule has 1 aliphatic heterocycles. The Kier molecular flexibility index (Phi) is 2.73. The Bertz CT molecular complexity index is 794. The molecule has 0 bridgehead atoms. The molecule has 0 amide bonds. The fourth-order valence-corrected chi connectivity index (χ4v) is 2.77. The minimum absolute atomic E-state index is 0.649. The lowest BCUT2D eigenvalue weighted by Gasteiger charge is -2.23. The van der Waals surface area contributed by atoms with Crippen molar-refractivity contribution in [3.63, 3.8) is 0 Å². The van der Waals surface area contributed by atoms with Crippen molar-refractivity contribution in [1.82, 2.24) is 19.6 Å². The Morgan fingerprint density at radius 2 is 2.14 bits per heavy atom. The van der Waals surface area contributed by atoms with Gasteiger partial charge in [-0.1, -0.05) is 18.2 Å². The number of nitrogens with zero attached hydrogens (tertiary/aromatic N) is 5. The van der Waals surface area contributed by atoms with Gasteiger partial charge < -0.3 is 10.2 Å². The molecule has 3 aromatic rings. The maximum atomic E-state index is 4.41. The van der Waals surface area contributed by atoms with Crippen LogP contribution in [0.4, 0.5) is 11.5 Å². The van der Waals surface area contributed by atoms with E-state index in [0.29, 0.717) is 5.78 Å². The molecule has 3 heterocycles. The van der Waals surface area contributed by atoms with Crippen LogP contribution in [-0.2, 0) is 6.54 Å². The van der Waals surface area contributed by atoms with Crippen LogP contribution >= 0.6 is 0 Å². The molecule has 1 N–H and O–H groups in total. The Morgan fingerprint density at radius 3 is 3.10 bits per heavy atom. The van der Waals surface area contributed by atoms with Gasteiger partial charge >= 0.3 is 0 Å². The van der Waals surface area contributed by atoms with E-state index in [-0.39, 0.29) is 0 Å². The molecule has 4 rings (SSSR count). The van der Waals surface area contributed by atoms with Crippen LogP contribution in [0, 0.1) is 6.92 Å². The van der Waals surface area contributed by atoms with Crippen LogP contribution in [0.5, 0.6) is 0 Å². The normalized spacial score (nSPS) is 14.6. The number of rotatable bonds is 1. The number of benzene rings is 1. The summed E-state index contributed by atoms with van der Waals surface area (Å²) in [5.74, 6) is 1.68. The molecular formula is C15H16N6. The lowest BCUT2D eigenvalue weighted by atomic mass is 10.1. The summed E-state index contributed by atoms with van der Waals surface area (Å²) in [5, 5.41) is 7.78. The molecule has 0 spiro atoms. The molecule has 1 aromatic carbocycles. The third-order valence-corrected chi connectivity index (χ3v) is 3.76. The molecule has 2 aromatic heterocycles. The van der Waals surface area contributed by atoms with Gasteiger partial charge in [-0.15, -0.1) is 0 Å². The van der Waals surface area contributed by atoms with Crippen LogP contribution in [-0.4, -0.2) is 32.7 Å². The summed E-state index contributed by atoms with van der Waals surface area (Å²) in [4.78, 5) is 10.9. The molecule has 0 radical (unpaired) electrons. The van der Waals surface area contributed by atoms with Crippen LogP contribution in [0.3, 0.4) is 0 Å². The summed E-state index contributed by atoms with van der Waals surface area (Å²) in [5.41, 5.74) is 3.45. The number of aromatic nitrogens is 4. The molecule has 0 saturated heterocycles. The summed E-state index contributed by atoms with van der Waals surface area (Å²) < 4.78 is 1.81. The average molecular weight is 280 g/mol. The summed E-state index contributed by atoms with van der Waals surface area (Å²) in [7, 11) is 0. The molecule has 0 saturated carbocycles. The van der Waals surface area contributed by atoms with E-state index in [2.05, 4.69) is 55.6 Å². The van der Waals surface area contributed by atoms with E-state index >= 15 is 0 Å². The Balaban J connectivity index is 1.80. The number of hydrogen-bond acceptors (Lipinski definition) is 5. The average Bonchev–Trinajstić information content (AvgIpc) is 2.84. The van der Waals surface area contributed by atoms with Gasteiger partial charge in [-0.3, -0.25) is 0 Å². The van der Waals surface area contributed by atoms with Gasteiger partial charge in [0.05, 0.1) is 0 Å². The topological polar surface area (TPSA) is 58.4 Å². The predicted octanol–water partition coefficient (Wildman–Crippen LogP) is 1.86. The highest BCUT2D eigenvalue weighted by Crippen LogP contribution is 2.24. The van der Waals surface area contributed by atoms with Crippen molar-refractivity contribution in [3.8, 4) is 0 Å². The predicted molar refractivity (Wildman–Crippen MR) is 81.5 cm³/mol. The molecule has 0 atom stereocenters. The molecule has 6 nitrogen and oxygen atoms in total. The number of fused-ring (bicyclic) bond motifs is 2. The van der Waals surface area contributed by atoms with Gasteiger partial charge in [0.2, 0.25) is 0 Å². The zero-order chi connectivity index (χ0) is 14.2. The molecule has 6 heteroatoms. The molecule has 21 heavy (non-hydrogen) atoms. The maximum Gasteiger partial charge on any atom is 0.254 e. The summed E-state index contributed by atoms with van der Waals surface area (Å²) in [6.45, 7) is 4.64. The number of para-hydroxylation sites is 1. The molecule has 1 aliphatic rings. The number of nitrogens with one attached hydrogen (secondary N) is 1. The van der Waals surface area contributed by atoms with Gasteiger partial charge in [-0.25, -0.2) is 4.98 Å². The van der Waals surface area contributed by atoms with Crippen LogP contribution in [0.25, 0.3) is 5.78 Å². The van der Waals surface area contributed by atoms with Gasteiger partial charge in [0.25, 0.3) is 5.78 Å². The molecule has 0 aliphatic carbocycles. The smallest absolute Gasteiger partial charge is 0.254 e. The minimum Gasteiger partial charge on any atom is -0.383 e. The standard InChI is InChI=1S/C15H16N6/c1-11-8-14(21-15(19-11)17-10-18-21)20-7-6-16-13-5-3-2-4-12(13)9-20/h2-5,8,10,16H,6-7,9H2,1H3. The first-order chi connectivity index (χ1) is 10.3. The SMILES string of the molecule is Cc1cc(N2CCNc3ccccc3C2)n2ncnc2n1. The Hall–Kier alpha value is -2.63. The van der Waals surface area contributed by atoms with Gasteiger partial charge in [0.15, 0.2) is 0 Å². The summed E-state index contributed by atoms with van der Waals surface area (Å²) >= 11 is 0. The van der Waals surface area contributed by atoms with Crippen molar-refractivity contribution in [3.05, 3.63) is 47.9 Å². The van der Waals surface area contributed by atoms with E-state index in [9.17, 15) is 0 Å². The van der Waals surface area contributed by atoms with Gasteiger partial charge in [-0.2, -0.15) is 14.6 Å². The van der Waals surface area contributed by atoms with Crippen molar-refractivity contribution >= 4 is 17.3 Å². The van der Waals surface area contributed by atoms with E-state index in [0.717, 1.165) is 31.1 Å². The summed E-state index contributed by atoms with van der Waals surface area (Å²) in [6.07, 6.45) is 1.55. The third kappa shape index (κ3) is 2.08. The number of hydrogen-bond donors (Lipinski definition) is 1. The Morgan fingerprint density at radius 1 is 1.24 bits per heavy atom. The van der Waals surface area contributed by atoms with Crippen LogP contribution in [0.1, 0.15) is 11.3 Å². The van der Waals surface area contributed by atoms with E-state index in [1.807, 2.05) is 6.92 Å². The zero-order valence-electron chi connectivity index (χ0n) is 11.8. The fraction of sp³-hybridized carbons (Fsp3) is 0.267. The largest absolute Gasteiger partial charge is 0.383 e. The van der Waals surface area contributed by atoms with Gasteiger partial charge in [0.1, 0.15) is 12.1 Å². The highest BCUT2D eigenvalue weighted by Gasteiger charge is 2.17. The van der Waals surface area contributed by atoms with Crippen LogP contribution in [0.15, 0.2) is 36.7 Å². The Labute approximate surface area is 122 Å². The van der Waals surface area contributed by atoms with Gasteiger partial charge in [0, 0.05) is 37.1 Å². The van der Waals surface area contributed by atoms with E-state index in [1.54, 1.807) is 10.8 Å². The van der Waals surface area contributed by atoms with Crippen molar-refractivity contribution in [2.24, 2.45) is 0 Å². The quantitative estimate of drug-likeness (QED) is 0.737. The van der Waals surface area contributed by atoms with E-state index in [1.165, 1.54) is 11.3 Å². The van der Waals surface area contributed by atoms with Crippen molar-refractivity contribution < 1.29 is 0 Å². The second kappa shape index (κ2) is 4.73. The second-order valence-corrected chi connectivity index (χ2v) is 5.23. The van der Waals surface area contributed by atoms with Crippen LogP contribution < -0.4 is 10.2 Å². The molecule has 0 fully saturated rings. The second-order valence-electron chi connectivity index (χ2n) is 5.23. The zero-order valence-corrected chi connectivity index (χ0v) is 11.8. The highest BCUT2D eigenvalue weighted by molar-refractivity contribution is 5.56. The molecule has 106 valence electrons. The monoisotopic (exact) mass is 280 g/mol. The lowest BCUT2D eigenvalue weighted by molar-refractivity contribution is 0.771. The molecule has 0 unspecified atom stereocenters. The van der Waals surface area contributed by atoms with Gasteiger partial charge in [-0.05, 0) is 18.6 Å². The van der Waals surface area contributed by atoms with E-state index < -0.39 is 0 Å². The first kappa shape index (κ1) is 12.1. The van der Waals surface area contributed by atoms with Crippen molar-refractivity contribution in [2.45, 2.75) is 13.5 Å². The molecular weight excluding hydrogens is 264 g/mol. The summed E-state index contributed by atoms with van der Waals surface area (Å²) in [6, 6.07) is 10.5. The number of aryl methyl sites for hydroxylation is 1. The van der Waals surface area contributed by atoms with Crippen LogP contribution in [0.2, 0.25) is 0 Å². The van der Waals surface area contributed by atoms with E-state index in [4.69, 9.17) is 0 Å². The fourth-order valence-electron chi connectivity index (χ4n) is 2.77. The van der Waals surface area contributed by atoms with Crippen molar-refractivity contribution in [2.75, 3.05) is 23.3 Å².